The highest BCUT2D eigenvalue weighted by Crippen LogP contribution is 2.23. The van der Waals surface area contributed by atoms with Crippen molar-refractivity contribution in [1.29, 1.82) is 0 Å². The predicted molar refractivity (Wildman–Crippen MR) is 109 cm³/mol. The molecule has 3 heterocycles. The van der Waals surface area contributed by atoms with Gasteiger partial charge in [0.25, 0.3) is 0 Å². The smallest absolute Gasteiger partial charge is 0.119 e. The molecule has 2 aromatic rings. The fraction of sp³-hybridized carbons (Fsp3) is 0.500. The zero-order chi connectivity index (χ0) is 18.5. The minimum Gasteiger partial charge on any atom is -0.497 e. The second-order valence-corrected chi connectivity index (χ2v) is 7.61. The molecule has 0 saturated carbocycles. The Balaban J connectivity index is 1.29. The van der Waals surface area contributed by atoms with E-state index in [9.17, 15) is 0 Å². The number of nitrogens with zero attached hydrogens (tertiary/aromatic N) is 4. The average Bonchev–Trinajstić information content (AvgIpc) is 2.75. The van der Waals surface area contributed by atoms with Crippen molar-refractivity contribution in [2.24, 2.45) is 0 Å². The number of piperidine rings is 1. The molecular weight excluding hydrogens is 336 g/mol. The number of anilines is 1. The van der Waals surface area contributed by atoms with Gasteiger partial charge in [-0.1, -0.05) is 0 Å². The molecule has 4 rings (SSSR count). The second-order valence-electron chi connectivity index (χ2n) is 7.61. The van der Waals surface area contributed by atoms with Crippen LogP contribution < -0.4 is 9.64 Å². The lowest BCUT2D eigenvalue weighted by Gasteiger charge is -2.44. The lowest BCUT2D eigenvalue weighted by molar-refractivity contribution is 0.0887. The number of hydrogen-bond donors (Lipinski definition) is 0. The van der Waals surface area contributed by atoms with Crippen LogP contribution in [0.5, 0.6) is 5.75 Å². The molecule has 0 aliphatic carbocycles. The Kier molecular flexibility index (Phi) is 5.90. The van der Waals surface area contributed by atoms with E-state index in [1.54, 1.807) is 7.11 Å². The number of pyridine rings is 1. The maximum Gasteiger partial charge on any atom is 0.119 e. The molecule has 2 aliphatic rings. The van der Waals surface area contributed by atoms with Crippen molar-refractivity contribution >= 4 is 5.69 Å². The van der Waals surface area contributed by atoms with Gasteiger partial charge >= 0.3 is 0 Å². The molecule has 0 N–H and O–H groups in total. The number of likely N-dealkylation sites (tertiary alicyclic amines) is 1. The van der Waals surface area contributed by atoms with Gasteiger partial charge in [0, 0.05) is 63.4 Å². The highest BCUT2D eigenvalue weighted by molar-refractivity contribution is 5.49. The zero-order valence-corrected chi connectivity index (χ0v) is 16.3. The first-order valence-electron chi connectivity index (χ1n) is 10.1. The Morgan fingerprint density at radius 1 is 0.963 bits per heavy atom. The van der Waals surface area contributed by atoms with Crippen LogP contribution in [0.25, 0.3) is 0 Å². The van der Waals surface area contributed by atoms with Crippen LogP contribution in [0.15, 0.2) is 48.8 Å². The number of hydrogen-bond acceptors (Lipinski definition) is 5. The van der Waals surface area contributed by atoms with Gasteiger partial charge in [0.05, 0.1) is 7.11 Å². The fourth-order valence-corrected chi connectivity index (χ4v) is 4.36. The maximum absolute atomic E-state index is 5.27. The van der Waals surface area contributed by atoms with Crippen molar-refractivity contribution in [1.82, 2.24) is 14.8 Å². The first-order chi connectivity index (χ1) is 13.3. The SMILES string of the molecule is COc1ccc(N2CCN(C3CCCN(Cc4ccncc4)C3)CC2)cc1. The van der Waals surface area contributed by atoms with Crippen LogP contribution >= 0.6 is 0 Å². The largest absolute Gasteiger partial charge is 0.497 e. The molecule has 2 saturated heterocycles. The lowest BCUT2D eigenvalue weighted by atomic mass is 10.0. The minimum absolute atomic E-state index is 0.693. The summed E-state index contributed by atoms with van der Waals surface area (Å²) in [5.74, 6) is 0.925. The Hall–Kier alpha value is -2.11. The predicted octanol–water partition coefficient (Wildman–Crippen LogP) is 2.88. The van der Waals surface area contributed by atoms with Crippen LogP contribution in [0.1, 0.15) is 18.4 Å². The zero-order valence-electron chi connectivity index (χ0n) is 16.3. The quantitative estimate of drug-likeness (QED) is 0.812. The summed E-state index contributed by atoms with van der Waals surface area (Å²) in [6.07, 6.45) is 6.42. The minimum atomic E-state index is 0.693. The topological polar surface area (TPSA) is 31.8 Å². The molecule has 1 aromatic carbocycles. The number of piperazine rings is 1. The van der Waals surface area contributed by atoms with Crippen LogP contribution in [-0.4, -0.2) is 67.2 Å². The molecule has 5 nitrogen and oxygen atoms in total. The van der Waals surface area contributed by atoms with Gasteiger partial charge in [0.2, 0.25) is 0 Å². The van der Waals surface area contributed by atoms with E-state index < -0.39 is 0 Å². The number of benzene rings is 1. The molecule has 0 radical (unpaired) electrons. The van der Waals surface area contributed by atoms with Gasteiger partial charge in [0.1, 0.15) is 5.75 Å². The summed E-state index contributed by atoms with van der Waals surface area (Å²) in [7, 11) is 1.72. The monoisotopic (exact) mass is 366 g/mol. The van der Waals surface area contributed by atoms with Crippen molar-refractivity contribution < 1.29 is 4.74 Å². The van der Waals surface area contributed by atoms with E-state index in [-0.39, 0.29) is 0 Å². The van der Waals surface area contributed by atoms with E-state index in [0.29, 0.717) is 6.04 Å². The molecule has 1 unspecified atom stereocenters. The average molecular weight is 367 g/mol. The Bertz CT molecular complexity index is 698. The number of aromatic nitrogens is 1. The van der Waals surface area contributed by atoms with E-state index in [0.717, 1.165) is 38.5 Å². The summed E-state index contributed by atoms with van der Waals surface area (Å²) < 4.78 is 5.27. The number of methoxy groups -OCH3 is 1. The Labute approximate surface area is 162 Å². The van der Waals surface area contributed by atoms with Crippen molar-refractivity contribution in [3.05, 3.63) is 54.4 Å². The summed E-state index contributed by atoms with van der Waals surface area (Å²) in [6, 6.07) is 13.4. The summed E-state index contributed by atoms with van der Waals surface area (Å²) in [5.41, 5.74) is 2.67. The normalized spacial score (nSPS) is 22.0. The highest BCUT2D eigenvalue weighted by Gasteiger charge is 2.28. The van der Waals surface area contributed by atoms with E-state index in [4.69, 9.17) is 4.74 Å². The maximum atomic E-state index is 5.27. The van der Waals surface area contributed by atoms with Crippen molar-refractivity contribution in [3.63, 3.8) is 0 Å². The van der Waals surface area contributed by atoms with Crippen molar-refractivity contribution in [2.45, 2.75) is 25.4 Å². The van der Waals surface area contributed by atoms with Crippen LogP contribution in [0.2, 0.25) is 0 Å². The molecule has 0 bridgehead atoms. The highest BCUT2D eigenvalue weighted by atomic mass is 16.5. The number of ether oxygens (including phenoxy) is 1. The van der Waals surface area contributed by atoms with E-state index in [1.165, 1.54) is 37.2 Å². The van der Waals surface area contributed by atoms with E-state index >= 15 is 0 Å². The first-order valence-corrected chi connectivity index (χ1v) is 10.1. The molecule has 0 amide bonds. The van der Waals surface area contributed by atoms with Crippen LogP contribution in [0.4, 0.5) is 5.69 Å². The molecule has 2 fully saturated rings. The van der Waals surface area contributed by atoms with E-state index in [1.807, 2.05) is 12.4 Å². The fourth-order valence-electron chi connectivity index (χ4n) is 4.36. The molecular formula is C22H30N4O. The lowest BCUT2D eigenvalue weighted by Crippen LogP contribution is -2.55. The first kappa shape index (κ1) is 18.3. The number of rotatable bonds is 5. The molecule has 0 spiro atoms. The van der Waals surface area contributed by atoms with Crippen LogP contribution in [0.3, 0.4) is 0 Å². The third kappa shape index (κ3) is 4.60. The van der Waals surface area contributed by atoms with Gasteiger partial charge in [-0.15, -0.1) is 0 Å². The Morgan fingerprint density at radius 3 is 2.41 bits per heavy atom. The molecule has 27 heavy (non-hydrogen) atoms. The third-order valence-electron chi connectivity index (χ3n) is 5.90. The van der Waals surface area contributed by atoms with Crippen molar-refractivity contribution in [3.8, 4) is 5.75 Å². The molecule has 1 atom stereocenters. The molecule has 5 heteroatoms. The van der Waals surface area contributed by atoms with Gasteiger partial charge in [-0.2, -0.15) is 0 Å². The van der Waals surface area contributed by atoms with E-state index in [2.05, 4.69) is 56.1 Å². The molecule has 144 valence electrons. The van der Waals surface area contributed by atoms with Gasteiger partial charge in [-0.05, 0) is 61.3 Å². The van der Waals surface area contributed by atoms with Gasteiger partial charge in [0.15, 0.2) is 0 Å². The third-order valence-corrected chi connectivity index (χ3v) is 5.90. The second kappa shape index (κ2) is 8.72. The summed E-state index contributed by atoms with van der Waals surface area (Å²) >= 11 is 0. The van der Waals surface area contributed by atoms with Crippen LogP contribution in [-0.2, 0) is 6.54 Å². The van der Waals surface area contributed by atoms with Gasteiger partial charge in [-0.25, -0.2) is 0 Å². The molecule has 1 aromatic heterocycles. The Morgan fingerprint density at radius 2 is 1.70 bits per heavy atom. The summed E-state index contributed by atoms with van der Waals surface area (Å²) in [4.78, 5) is 11.9. The molecule has 2 aliphatic heterocycles. The summed E-state index contributed by atoms with van der Waals surface area (Å²) in [5, 5.41) is 0. The van der Waals surface area contributed by atoms with Gasteiger partial charge in [-0.3, -0.25) is 14.8 Å². The van der Waals surface area contributed by atoms with Gasteiger partial charge < -0.3 is 9.64 Å². The van der Waals surface area contributed by atoms with Crippen molar-refractivity contribution in [2.75, 3.05) is 51.3 Å². The standard InChI is InChI=1S/C22H30N4O/c1-27-22-6-4-20(5-7-22)25-13-15-26(16-14-25)21-3-2-12-24(18-21)17-19-8-10-23-11-9-19/h4-11,21H,2-3,12-18H2,1H3. The van der Waals surface area contributed by atoms with Crippen LogP contribution in [0, 0.1) is 0 Å². The summed E-state index contributed by atoms with van der Waals surface area (Å²) in [6.45, 7) is 7.96.